The number of pyridine rings is 1. The van der Waals surface area contributed by atoms with Crippen LogP contribution in [0.2, 0.25) is 0 Å². The quantitative estimate of drug-likeness (QED) is 0.673. The van der Waals surface area contributed by atoms with Crippen molar-refractivity contribution in [2.24, 2.45) is 0 Å². The van der Waals surface area contributed by atoms with Crippen LogP contribution in [0, 0.1) is 0 Å². The highest BCUT2D eigenvalue weighted by molar-refractivity contribution is 5.77. The van der Waals surface area contributed by atoms with Crippen LogP contribution in [0.5, 0.6) is 0 Å². The van der Waals surface area contributed by atoms with E-state index in [1.165, 1.54) is 0 Å². The van der Waals surface area contributed by atoms with Crippen molar-refractivity contribution in [3.8, 4) is 0 Å². The lowest BCUT2D eigenvalue weighted by Gasteiger charge is -2.35. The minimum atomic E-state index is 0.139. The Morgan fingerprint density at radius 1 is 1.07 bits per heavy atom. The van der Waals surface area contributed by atoms with Gasteiger partial charge in [0, 0.05) is 56.9 Å². The van der Waals surface area contributed by atoms with Crippen LogP contribution in [0.25, 0.3) is 11.0 Å². The molecule has 0 spiro atoms. The molecule has 30 heavy (non-hydrogen) atoms. The molecule has 0 bridgehead atoms. The van der Waals surface area contributed by atoms with Crippen molar-refractivity contribution in [2.45, 2.75) is 39.7 Å². The normalized spacial score (nSPS) is 14.5. The zero-order chi connectivity index (χ0) is 21.1. The topological polar surface area (TPSA) is 79.2 Å². The van der Waals surface area contributed by atoms with Crippen LogP contribution in [0.3, 0.4) is 0 Å². The van der Waals surface area contributed by atoms with Crippen LogP contribution in [0.4, 0.5) is 17.5 Å². The van der Waals surface area contributed by atoms with E-state index in [1.54, 1.807) is 6.92 Å². The molecule has 0 aromatic carbocycles. The van der Waals surface area contributed by atoms with E-state index in [-0.39, 0.29) is 5.91 Å². The van der Waals surface area contributed by atoms with Crippen LogP contribution >= 0.6 is 0 Å². The highest BCUT2D eigenvalue weighted by atomic mass is 16.2. The molecule has 3 aromatic rings. The third-order valence-electron chi connectivity index (χ3n) is 5.87. The molecular formula is C22H29N7O. The van der Waals surface area contributed by atoms with E-state index < -0.39 is 0 Å². The maximum atomic E-state index is 11.5. The summed E-state index contributed by atoms with van der Waals surface area (Å²) in [4.78, 5) is 29.3. The number of carbonyl (C=O) groups is 1. The maximum Gasteiger partial charge on any atom is 0.230 e. The first-order valence-corrected chi connectivity index (χ1v) is 10.7. The van der Waals surface area contributed by atoms with Gasteiger partial charge in [-0.1, -0.05) is 13.8 Å². The molecule has 158 valence electrons. The average Bonchev–Trinajstić information content (AvgIpc) is 3.18. The van der Waals surface area contributed by atoms with Gasteiger partial charge in [-0.2, -0.15) is 4.98 Å². The molecule has 1 amide bonds. The Kier molecular flexibility index (Phi) is 5.83. The van der Waals surface area contributed by atoms with Crippen molar-refractivity contribution in [3.63, 3.8) is 0 Å². The largest absolute Gasteiger partial charge is 0.367 e. The molecule has 0 atom stereocenters. The number of hydrogen-bond acceptors (Lipinski definition) is 6. The molecule has 3 aromatic heterocycles. The third kappa shape index (κ3) is 4.08. The highest BCUT2D eigenvalue weighted by Crippen LogP contribution is 2.24. The van der Waals surface area contributed by atoms with Gasteiger partial charge >= 0.3 is 0 Å². The molecular weight excluding hydrogens is 378 g/mol. The van der Waals surface area contributed by atoms with E-state index in [9.17, 15) is 4.79 Å². The lowest BCUT2D eigenvalue weighted by atomic mass is 10.2. The van der Waals surface area contributed by atoms with Gasteiger partial charge in [-0.25, -0.2) is 9.97 Å². The summed E-state index contributed by atoms with van der Waals surface area (Å²) >= 11 is 0. The Labute approximate surface area is 176 Å². The van der Waals surface area contributed by atoms with Crippen molar-refractivity contribution in [1.29, 1.82) is 0 Å². The van der Waals surface area contributed by atoms with E-state index in [1.807, 2.05) is 29.4 Å². The summed E-state index contributed by atoms with van der Waals surface area (Å²) in [5, 5.41) is 4.26. The van der Waals surface area contributed by atoms with Gasteiger partial charge in [0.25, 0.3) is 0 Å². The van der Waals surface area contributed by atoms with Crippen molar-refractivity contribution in [1.82, 2.24) is 24.4 Å². The molecule has 1 fully saturated rings. The molecule has 1 saturated heterocycles. The molecule has 0 aliphatic carbocycles. The number of anilines is 3. The molecule has 8 heteroatoms. The first-order chi connectivity index (χ1) is 14.6. The second kappa shape index (κ2) is 8.69. The van der Waals surface area contributed by atoms with E-state index in [2.05, 4.69) is 50.9 Å². The number of nitrogens with zero attached hydrogens (tertiary/aromatic N) is 6. The number of fused-ring (bicyclic) bond motifs is 1. The second-order valence-corrected chi connectivity index (χ2v) is 7.69. The van der Waals surface area contributed by atoms with Gasteiger partial charge in [0.2, 0.25) is 11.9 Å². The van der Waals surface area contributed by atoms with Crippen LogP contribution in [-0.2, 0) is 4.79 Å². The minimum absolute atomic E-state index is 0.139. The van der Waals surface area contributed by atoms with Crippen molar-refractivity contribution in [2.75, 3.05) is 36.4 Å². The molecule has 1 aliphatic rings. The van der Waals surface area contributed by atoms with Crippen LogP contribution in [-0.4, -0.2) is 56.5 Å². The van der Waals surface area contributed by atoms with Gasteiger partial charge < -0.3 is 19.7 Å². The molecule has 8 nitrogen and oxygen atoms in total. The van der Waals surface area contributed by atoms with Crippen LogP contribution in [0.15, 0.2) is 36.8 Å². The predicted octanol–water partition coefficient (Wildman–Crippen LogP) is 3.60. The molecule has 1 aliphatic heterocycles. The molecule has 0 radical (unpaired) electrons. The monoisotopic (exact) mass is 407 g/mol. The van der Waals surface area contributed by atoms with Gasteiger partial charge in [-0.15, -0.1) is 0 Å². The fourth-order valence-electron chi connectivity index (χ4n) is 4.02. The lowest BCUT2D eigenvalue weighted by molar-refractivity contribution is -0.129. The Hall–Kier alpha value is -3.16. The van der Waals surface area contributed by atoms with Crippen molar-refractivity contribution < 1.29 is 4.79 Å². The first kappa shape index (κ1) is 20.1. The lowest BCUT2D eigenvalue weighted by Crippen LogP contribution is -2.48. The Morgan fingerprint density at radius 3 is 2.47 bits per heavy atom. The van der Waals surface area contributed by atoms with Crippen molar-refractivity contribution in [3.05, 3.63) is 36.8 Å². The number of rotatable bonds is 6. The molecule has 0 unspecified atom stereocenters. The summed E-state index contributed by atoms with van der Waals surface area (Å²) in [6, 6.07) is 6.49. The first-order valence-electron chi connectivity index (χ1n) is 10.7. The molecule has 1 N–H and O–H groups in total. The van der Waals surface area contributed by atoms with E-state index in [4.69, 9.17) is 4.98 Å². The number of nitrogens with one attached hydrogen (secondary N) is 1. The fraction of sp³-hybridized carbons (Fsp3) is 0.455. The summed E-state index contributed by atoms with van der Waals surface area (Å²) in [7, 11) is 0. The summed E-state index contributed by atoms with van der Waals surface area (Å²) in [6.07, 6.45) is 7.94. The van der Waals surface area contributed by atoms with Gasteiger partial charge in [0.1, 0.15) is 11.5 Å². The van der Waals surface area contributed by atoms with Crippen LogP contribution < -0.4 is 10.2 Å². The number of amides is 1. The number of hydrogen-bond donors (Lipinski definition) is 1. The Balaban J connectivity index is 1.46. The van der Waals surface area contributed by atoms with Gasteiger partial charge in [0.05, 0.1) is 11.9 Å². The zero-order valence-electron chi connectivity index (χ0n) is 17.9. The second-order valence-electron chi connectivity index (χ2n) is 7.69. The predicted molar refractivity (Wildman–Crippen MR) is 119 cm³/mol. The number of aromatic nitrogens is 4. The summed E-state index contributed by atoms with van der Waals surface area (Å²) in [5.41, 5.74) is 2.00. The average molecular weight is 408 g/mol. The molecule has 4 rings (SSSR count). The molecule has 0 saturated carbocycles. The smallest absolute Gasteiger partial charge is 0.230 e. The van der Waals surface area contributed by atoms with Crippen LogP contribution in [0.1, 0.15) is 39.7 Å². The summed E-state index contributed by atoms with van der Waals surface area (Å²) in [6.45, 7) is 9.16. The number of piperazine rings is 1. The summed E-state index contributed by atoms with van der Waals surface area (Å²) in [5.74, 6) is 1.39. The Morgan fingerprint density at radius 2 is 1.83 bits per heavy atom. The third-order valence-corrected chi connectivity index (χ3v) is 5.87. The summed E-state index contributed by atoms with van der Waals surface area (Å²) < 4.78 is 2.24. The van der Waals surface area contributed by atoms with E-state index >= 15 is 0 Å². The van der Waals surface area contributed by atoms with Gasteiger partial charge in [0.15, 0.2) is 0 Å². The van der Waals surface area contributed by atoms with E-state index in [0.29, 0.717) is 17.8 Å². The standard InChI is InChI=1S/C22H29N7O/c1-4-18(5-2)29-9-8-17-14-24-22(26-21(17)29)25-20-7-6-19(15-23-20)28-12-10-27(11-13-28)16(3)30/h6-9,14-15,18H,4-5,10-13H2,1-3H3,(H,23,24,25,26). The SMILES string of the molecule is CCC(CC)n1ccc2cnc(Nc3ccc(N4CCN(C(C)=O)CC4)cn3)nc21. The highest BCUT2D eigenvalue weighted by Gasteiger charge is 2.19. The van der Waals surface area contributed by atoms with Gasteiger partial charge in [-0.05, 0) is 31.0 Å². The van der Waals surface area contributed by atoms with E-state index in [0.717, 1.165) is 55.7 Å². The maximum absolute atomic E-state index is 11.5. The van der Waals surface area contributed by atoms with Crippen molar-refractivity contribution >= 4 is 34.4 Å². The molecule has 4 heterocycles. The number of carbonyl (C=O) groups excluding carboxylic acids is 1. The Bertz CT molecular complexity index is 1000. The fourth-order valence-corrected chi connectivity index (χ4v) is 4.02. The van der Waals surface area contributed by atoms with Gasteiger partial charge in [-0.3, -0.25) is 4.79 Å². The zero-order valence-corrected chi connectivity index (χ0v) is 17.9. The minimum Gasteiger partial charge on any atom is -0.367 e.